The minimum Gasteiger partial charge on any atom is -0.380 e. The summed E-state index contributed by atoms with van der Waals surface area (Å²) in [6, 6.07) is 14.4. The minimum absolute atomic E-state index is 0.124. The number of hydrogen-bond acceptors (Lipinski definition) is 4. The van der Waals surface area contributed by atoms with E-state index in [0.717, 1.165) is 20.6 Å². The van der Waals surface area contributed by atoms with Gasteiger partial charge in [-0.15, -0.1) is 11.8 Å². The Balaban J connectivity index is 1.94. The molecule has 142 valence electrons. The average molecular weight is 401 g/mol. The van der Waals surface area contributed by atoms with E-state index in [4.69, 9.17) is 4.74 Å². The zero-order valence-corrected chi connectivity index (χ0v) is 17.5. The van der Waals surface area contributed by atoms with Gasteiger partial charge in [-0.2, -0.15) is 4.99 Å². The van der Waals surface area contributed by atoms with E-state index < -0.39 is 0 Å². The number of benzene rings is 2. The van der Waals surface area contributed by atoms with E-state index in [9.17, 15) is 4.79 Å². The molecule has 0 N–H and O–H groups in total. The molecule has 4 nitrogen and oxygen atoms in total. The molecule has 1 aromatic heterocycles. The number of hydrogen-bond donors (Lipinski definition) is 0. The van der Waals surface area contributed by atoms with Crippen LogP contribution in [0.25, 0.3) is 10.2 Å². The van der Waals surface area contributed by atoms with E-state index in [2.05, 4.69) is 34.0 Å². The van der Waals surface area contributed by atoms with Gasteiger partial charge in [0.1, 0.15) is 0 Å². The molecule has 0 spiro atoms. The van der Waals surface area contributed by atoms with Gasteiger partial charge in [-0.3, -0.25) is 4.79 Å². The fourth-order valence-electron chi connectivity index (χ4n) is 2.81. The van der Waals surface area contributed by atoms with E-state index >= 15 is 0 Å². The molecule has 0 fully saturated rings. The Labute approximate surface area is 167 Å². The van der Waals surface area contributed by atoms with Gasteiger partial charge in [0.05, 0.1) is 23.2 Å². The van der Waals surface area contributed by atoms with Crippen LogP contribution in [0.4, 0.5) is 0 Å². The molecule has 27 heavy (non-hydrogen) atoms. The molecule has 6 heteroatoms. The predicted molar refractivity (Wildman–Crippen MR) is 114 cm³/mol. The number of aromatic nitrogens is 1. The van der Waals surface area contributed by atoms with Crippen LogP contribution in [0.3, 0.4) is 0 Å². The number of fused-ring (bicyclic) bond motifs is 1. The van der Waals surface area contributed by atoms with Crippen molar-refractivity contribution in [2.75, 3.05) is 19.5 Å². The molecule has 0 aliphatic rings. The van der Waals surface area contributed by atoms with Gasteiger partial charge < -0.3 is 9.30 Å². The first-order chi connectivity index (χ1) is 13.1. The van der Waals surface area contributed by atoms with Crippen molar-refractivity contribution in [1.82, 2.24) is 4.57 Å². The Morgan fingerprint density at radius 2 is 2.00 bits per heavy atom. The summed E-state index contributed by atoms with van der Waals surface area (Å²) in [5.41, 5.74) is 3.27. The topological polar surface area (TPSA) is 43.6 Å². The molecule has 0 aliphatic heterocycles. The van der Waals surface area contributed by atoms with Crippen LogP contribution >= 0.6 is 23.1 Å². The molecule has 0 bridgehead atoms. The first kappa shape index (κ1) is 19.9. The van der Waals surface area contributed by atoms with Crippen LogP contribution in [0.15, 0.2) is 52.4 Å². The molecule has 3 aromatic rings. The van der Waals surface area contributed by atoms with Crippen LogP contribution in [0.5, 0.6) is 0 Å². The number of thioether (sulfide) groups is 1. The molecular formula is C21H24N2O2S2. The molecule has 2 aromatic carbocycles. The lowest BCUT2D eigenvalue weighted by Crippen LogP contribution is -2.20. The summed E-state index contributed by atoms with van der Waals surface area (Å²) in [5.74, 6) is -0.124. The van der Waals surface area contributed by atoms with Crippen molar-refractivity contribution in [3.63, 3.8) is 0 Å². The molecule has 1 amide bonds. The van der Waals surface area contributed by atoms with Crippen molar-refractivity contribution in [2.45, 2.75) is 31.7 Å². The fraction of sp³-hybridized carbons (Fsp3) is 0.333. The van der Waals surface area contributed by atoms with Crippen LogP contribution < -0.4 is 4.80 Å². The summed E-state index contributed by atoms with van der Waals surface area (Å²) in [4.78, 5) is 18.9. The predicted octanol–water partition coefficient (Wildman–Crippen LogP) is 4.44. The highest BCUT2D eigenvalue weighted by Crippen LogP contribution is 2.24. The normalized spacial score (nSPS) is 12.0. The third-order valence-corrected chi connectivity index (χ3v) is 6.02. The van der Waals surface area contributed by atoms with Crippen molar-refractivity contribution in [3.8, 4) is 0 Å². The third-order valence-electron chi connectivity index (χ3n) is 4.25. The molecule has 0 saturated heterocycles. The first-order valence-electron chi connectivity index (χ1n) is 8.99. The number of carbonyl (C=O) groups is 1. The van der Waals surface area contributed by atoms with Crippen LogP contribution in [-0.2, 0) is 22.5 Å². The maximum absolute atomic E-state index is 12.5. The van der Waals surface area contributed by atoms with Crippen LogP contribution in [-0.4, -0.2) is 29.9 Å². The van der Waals surface area contributed by atoms with Crippen LogP contribution in [0.2, 0.25) is 0 Å². The third kappa shape index (κ3) is 5.09. The SMILES string of the molecule is CCOCCn1c(=NC(=O)Cc2ccc(C)cc2)sc2cc(SC)ccc21. The summed E-state index contributed by atoms with van der Waals surface area (Å²) < 4.78 is 8.75. The Kier molecular flexibility index (Phi) is 6.88. The molecule has 3 rings (SSSR count). The Morgan fingerprint density at radius 1 is 1.22 bits per heavy atom. The molecule has 0 atom stereocenters. The zero-order chi connectivity index (χ0) is 19.2. The van der Waals surface area contributed by atoms with Crippen LogP contribution in [0.1, 0.15) is 18.1 Å². The molecule has 0 radical (unpaired) electrons. The van der Waals surface area contributed by atoms with Gasteiger partial charge in [-0.05, 0) is 43.9 Å². The van der Waals surface area contributed by atoms with Gasteiger partial charge in [0.2, 0.25) is 0 Å². The lowest BCUT2D eigenvalue weighted by atomic mass is 10.1. The number of aryl methyl sites for hydroxylation is 1. The average Bonchev–Trinajstić information content (AvgIpc) is 3.00. The summed E-state index contributed by atoms with van der Waals surface area (Å²) in [6.07, 6.45) is 2.38. The summed E-state index contributed by atoms with van der Waals surface area (Å²) in [5, 5.41) is 0. The quantitative estimate of drug-likeness (QED) is 0.435. The highest BCUT2D eigenvalue weighted by Gasteiger charge is 2.09. The summed E-state index contributed by atoms with van der Waals surface area (Å²) in [6.45, 7) is 5.99. The van der Waals surface area contributed by atoms with E-state index in [1.54, 1.807) is 23.1 Å². The molecule has 1 heterocycles. The van der Waals surface area contributed by atoms with Gasteiger partial charge in [0.25, 0.3) is 5.91 Å². The van der Waals surface area contributed by atoms with E-state index in [-0.39, 0.29) is 5.91 Å². The Morgan fingerprint density at radius 3 is 2.70 bits per heavy atom. The van der Waals surface area contributed by atoms with Crippen molar-refractivity contribution < 1.29 is 9.53 Å². The monoisotopic (exact) mass is 400 g/mol. The number of nitrogens with zero attached hydrogens (tertiary/aromatic N) is 2. The Hall–Kier alpha value is -1.89. The fourth-order valence-corrected chi connectivity index (χ4v) is 4.44. The second-order valence-corrected chi connectivity index (χ2v) is 8.12. The maximum atomic E-state index is 12.5. The second kappa shape index (κ2) is 9.35. The lowest BCUT2D eigenvalue weighted by molar-refractivity contribution is -0.117. The van der Waals surface area contributed by atoms with Gasteiger partial charge >= 0.3 is 0 Å². The van der Waals surface area contributed by atoms with Gasteiger partial charge in [-0.25, -0.2) is 0 Å². The summed E-state index contributed by atoms with van der Waals surface area (Å²) >= 11 is 3.27. The standard InChI is InChI=1S/C21H24N2O2S2/c1-4-25-12-11-23-18-10-9-17(26-3)14-19(18)27-21(23)22-20(24)13-16-7-5-15(2)6-8-16/h5-10,14H,4,11-13H2,1-3H3. The number of thiazole rings is 1. The summed E-state index contributed by atoms with van der Waals surface area (Å²) in [7, 11) is 0. The zero-order valence-electron chi connectivity index (χ0n) is 15.9. The molecular weight excluding hydrogens is 376 g/mol. The van der Waals surface area contributed by atoms with Gasteiger partial charge in [-0.1, -0.05) is 41.2 Å². The van der Waals surface area contributed by atoms with Crippen molar-refractivity contribution >= 4 is 39.2 Å². The molecule has 0 unspecified atom stereocenters. The number of rotatable bonds is 7. The second-order valence-electron chi connectivity index (χ2n) is 6.23. The van der Waals surface area contributed by atoms with Gasteiger partial charge in [0, 0.05) is 18.0 Å². The number of carbonyl (C=O) groups excluding carboxylic acids is 1. The number of amides is 1. The minimum atomic E-state index is -0.124. The molecule has 0 aliphatic carbocycles. The lowest BCUT2D eigenvalue weighted by Gasteiger charge is -2.06. The van der Waals surface area contributed by atoms with Crippen molar-refractivity contribution in [2.24, 2.45) is 4.99 Å². The number of ether oxygens (including phenoxy) is 1. The van der Waals surface area contributed by atoms with E-state index in [1.807, 2.05) is 38.1 Å². The van der Waals surface area contributed by atoms with Crippen LogP contribution in [0, 0.1) is 6.92 Å². The maximum Gasteiger partial charge on any atom is 0.252 e. The highest BCUT2D eigenvalue weighted by atomic mass is 32.2. The van der Waals surface area contributed by atoms with E-state index in [0.29, 0.717) is 26.2 Å². The highest BCUT2D eigenvalue weighted by molar-refractivity contribution is 7.98. The van der Waals surface area contributed by atoms with Crippen molar-refractivity contribution in [3.05, 3.63) is 58.4 Å². The van der Waals surface area contributed by atoms with Crippen molar-refractivity contribution in [1.29, 1.82) is 0 Å². The Bertz CT molecular complexity index is 988. The smallest absolute Gasteiger partial charge is 0.252 e. The van der Waals surface area contributed by atoms with E-state index in [1.165, 1.54) is 10.5 Å². The van der Waals surface area contributed by atoms with Gasteiger partial charge in [0.15, 0.2) is 4.80 Å². The largest absolute Gasteiger partial charge is 0.380 e. The first-order valence-corrected chi connectivity index (χ1v) is 11.0. The molecule has 0 saturated carbocycles.